The van der Waals surface area contributed by atoms with Gasteiger partial charge in [0.2, 0.25) is 11.7 Å². The van der Waals surface area contributed by atoms with Gasteiger partial charge in [-0.15, -0.1) is 0 Å². The van der Waals surface area contributed by atoms with Crippen LogP contribution in [0, 0.1) is 12.7 Å². The van der Waals surface area contributed by atoms with Crippen molar-refractivity contribution in [2.75, 3.05) is 39.4 Å². The molecule has 0 aliphatic carbocycles. The molecule has 0 bridgehead atoms. The van der Waals surface area contributed by atoms with Crippen LogP contribution in [0.1, 0.15) is 42.1 Å². The van der Waals surface area contributed by atoms with E-state index in [2.05, 4.69) is 0 Å². The maximum atomic E-state index is 14.7. The number of carbonyl (C=O) groups is 1. The maximum Gasteiger partial charge on any atom is 0.232 e. The minimum absolute atomic E-state index is 0.123. The van der Waals surface area contributed by atoms with E-state index in [4.69, 9.17) is 23.7 Å². The number of hydrogen-bond acceptors (Lipinski definition) is 6. The minimum atomic E-state index is -0.623. The number of benzene rings is 3. The van der Waals surface area contributed by atoms with E-state index >= 15 is 0 Å². The van der Waals surface area contributed by atoms with Crippen molar-refractivity contribution >= 4 is 11.6 Å². The van der Waals surface area contributed by atoms with Crippen LogP contribution in [-0.4, -0.2) is 40.5 Å². The summed E-state index contributed by atoms with van der Waals surface area (Å²) in [6.07, 6.45) is 0.123. The van der Waals surface area contributed by atoms with Gasteiger partial charge in [0.05, 0.1) is 47.0 Å². The second kappa shape index (κ2) is 11.0. The van der Waals surface area contributed by atoms with E-state index in [-0.39, 0.29) is 18.1 Å². The number of carbonyl (C=O) groups excluding carboxylic acids is 1. The molecule has 7 nitrogen and oxygen atoms in total. The lowest BCUT2D eigenvalue weighted by Crippen LogP contribution is -2.41. The standard InChI is InChI=1S/C29H32FNO6/c1-7-36-23-11-18-14-27(32)31(20-10-9-17(3)22(30)15-20)28(21(18)16-24(23)37-8-2)19-12-25(33-4)29(35-6)26(13-19)34-5/h9-13,15-16,28H,7-8,14H2,1-6H3/t28-/m0/s1. The third-order valence-corrected chi connectivity index (χ3v) is 6.40. The predicted molar refractivity (Wildman–Crippen MR) is 139 cm³/mol. The van der Waals surface area contributed by atoms with E-state index in [1.54, 1.807) is 24.0 Å². The van der Waals surface area contributed by atoms with Crippen LogP contribution in [0.4, 0.5) is 10.1 Å². The van der Waals surface area contributed by atoms with Crippen LogP contribution in [0.15, 0.2) is 42.5 Å². The van der Waals surface area contributed by atoms with Crippen molar-refractivity contribution in [3.05, 3.63) is 70.5 Å². The van der Waals surface area contributed by atoms with Crippen molar-refractivity contribution in [2.24, 2.45) is 0 Å². The molecule has 37 heavy (non-hydrogen) atoms. The highest BCUT2D eigenvalue weighted by molar-refractivity contribution is 5.98. The smallest absolute Gasteiger partial charge is 0.232 e. The molecular weight excluding hydrogens is 477 g/mol. The lowest BCUT2D eigenvalue weighted by Gasteiger charge is -2.38. The molecule has 3 aromatic rings. The summed E-state index contributed by atoms with van der Waals surface area (Å²) in [5, 5.41) is 0. The molecule has 1 amide bonds. The summed E-state index contributed by atoms with van der Waals surface area (Å²) in [5.74, 6) is 1.91. The molecule has 0 N–H and O–H groups in total. The highest BCUT2D eigenvalue weighted by Gasteiger charge is 2.37. The molecule has 0 fully saturated rings. The highest BCUT2D eigenvalue weighted by atomic mass is 19.1. The van der Waals surface area contributed by atoms with Gasteiger partial charge < -0.3 is 28.6 Å². The number of fused-ring (bicyclic) bond motifs is 1. The van der Waals surface area contributed by atoms with Crippen LogP contribution in [0.25, 0.3) is 0 Å². The molecule has 4 rings (SSSR count). The fraction of sp³-hybridized carbons (Fsp3) is 0.345. The summed E-state index contributed by atoms with van der Waals surface area (Å²) in [6, 6.07) is 11.6. The van der Waals surface area contributed by atoms with Crippen LogP contribution in [0.5, 0.6) is 28.7 Å². The van der Waals surface area contributed by atoms with Crippen molar-refractivity contribution in [3.8, 4) is 28.7 Å². The van der Waals surface area contributed by atoms with Gasteiger partial charge in [-0.25, -0.2) is 4.39 Å². The van der Waals surface area contributed by atoms with Crippen molar-refractivity contribution in [1.82, 2.24) is 0 Å². The average Bonchev–Trinajstić information content (AvgIpc) is 2.89. The van der Waals surface area contributed by atoms with E-state index in [0.717, 1.165) is 11.1 Å². The molecule has 0 saturated heterocycles. The summed E-state index contributed by atoms with van der Waals surface area (Å²) in [6.45, 7) is 6.38. The van der Waals surface area contributed by atoms with Crippen molar-refractivity contribution in [2.45, 2.75) is 33.2 Å². The Morgan fingerprint density at radius 2 is 1.49 bits per heavy atom. The Morgan fingerprint density at radius 3 is 2.03 bits per heavy atom. The molecule has 196 valence electrons. The summed E-state index contributed by atoms with van der Waals surface area (Å²) < 4.78 is 43.1. The SMILES string of the molecule is CCOc1cc2c(cc1OCC)[C@H](c1cc(OC)c(OC)c(OC)c1)N(c1ccc(C)c(F)c1)C(=O)C2. The zero-order chi connectivity index (χ0) is 26.7. The minimum Gasteiger partial charge on any atom is -0.493 e. The zero-order valence-electron chi connectivity index (χ0n) is 22.0. The number of rotatable bonds is 9. The normalized spacial score (nSPS) is 14.7. The largest absolute Gasteiger partial charge is 0.493 e. The Bertz CT molecular complexity index is 1280. The van der Waals surface area contributed by atoms with Gasteiger partial charge in [0.15, 0.2) is 23.0 Å². The van der Waals surface area contributed by atoms with E-state index in [9.17, 15) is 9.18 Å². The summed E-state index contributed by atoms with van der Waals surface area (Å²) in [7, 11) is 4.61. The van der Waals surface area contributed by atoms with Gasteiger partial charge in [-0.05, 0) is 79.4 Å². The van der Waals surface area contributed by atoms with Crippen LogP contribution in [0.2, 0.25) is 0 Å². The number of hydrogen-bond donors (Lipinski definition) is 0. The van der Waals surface area contributed by atoms with Crippen molar-refractivity contribution in [3.63, 3.8) is 0 Å². The van der Waals surface area contributed by atoms with Crippen molar-refractivity contribution < 1.29 is 32.9 Å². The van der Waals surface area contributed by atoms with E-state index < -0.39 is 6.04 Å². The lowest BCUT2D eigenvalue weighted by atomic mass is 9.86. The second-order valence-electron chi connectivity index (χ2n) is 8.60. The third-order valence-electron chi connectivity index (χ3n) is 6.40. The number of ether oxygens (including phenoxy) is 5. The van der Waals surface area contributed by atoms with Gasteiger partial charge in [-0.1, -0.05) is 6.07 Å². The summed E-state index contributed by atoms with van der Waals surface area (Å²) >= 11 is 0. The van der Waals surface area contributed by atoms with Crippen LogP contribution < -0.4 is 28.6 Å². The fourth-order valence-electron chi connectivity index (χ4n) is 4.71. The van der Waals surface area contributed by atoms with E-state index in [1.807, 2.05) is 38.1 Å². The van der Waals surface area contributed by atoms with Gasteiger partial charge in [-0.2, -0.15) is 0 Å². The number of nitrogens with zero attached hydrogens (tertiary/aromatic N) is 1. The first-order chi connectivity index (χ1) is 17.9. The molecule has 1 atom stereocenters. The summed E-state index contributed by atoms with van der Waals surface area (Å²) in [5.41, 5.74) is 3.29. The van der Waals surface area contributed by atoms with Gasteiger partial charge >= 0.3 is 0 Å². The molecular formula is C29H32FNO6. The fourth-order valence-corrected chi connectivity index (χ4v) is 4.71. The third kappa shape index (κ3) is 4.88. The first-order valence-corrected chi connectivity index (χ1v) is 12.2. The second-order valence-corrected chi connectivity index (χ2v) is 8.60. The molecule has 1 heterocycles. The van der Waals surface area contributed by atoms with Gasteiger partial charge in [0, 0.05) is 5.69 Å². The Kier molecular flexibility index (Phi) is 7.76. The Labute approximate surface area is 216 Å². The molecule has 0 saturated carbocycles. The molecule has 0 spiro atoms. The Morgan fingerprint density at radius 1 is 0.865 bits per heavy atom. The molecule has 1 aliphatic rings. The number of halogens is 1. The quantitative estimate of drug-likeness (QED) is 0.372. The molecule has 0 radical (unpaired) electrons. The average molecular weight is 510 g/mol. The topological polar surface area (TPSA) is 66.5 Å². The first-order valence-electron chi connectivity index (χ1n) is 12.2. The highest BCUT2D eigenvalue weighted by Crippen LogP contribution is 2.47. The van der Waals surface area contributed by atoms with Gasteiger partial charge in [0.25, 0.3) is 0 Å². The monoisotopic (exact) mass is 509 g/mol. The molecule has 0 aromatic heterocycles. The zero-order valence-corrected chi connectivity index (χ0v) is 22.0. The van der Waals surface area contributed by atoms with Crippen LogP contribution in [-0.2, 0) is 11.2 Å². The van der Waals surface area contributed by atoms with E-state index in [0.29, 0.717) is 58.8 Å². The van der Waals surface area contributed by atoms with Crippen LogP contribution in [0.3, 0.4) is 0 Å². The lowest BCUT2D eigenvalue weighted by molar-refractivity contribution is -0.118. The van der Waals surface area contributed by atoms with Crippen molar-refractivity contribution in [1.29, 1.82) is 0 Å². The number of methoxy groups -OCH3 is 3. The predicted octanol–water partition coefficient (Wildman–Crippen LogP) is 5.64. The van der Waals surface area contributed by atoms with Gasteiger partial charge in [-0.3, -0.25) is 4.79 Å². The first kappa shape index (κ1) is 26.1. The number of amides is 1. The molecule has 1 aliphatic heterocycles. The number of anilines is 1. The molecule has 3 aromatic carbocycles. The maximum absolute atomic E-state index is 14.7. The molecule has 0 unspecified atom stereocenters. The van der Waals surface area contributed by atoms with Crippen LogP contribution >= 0.6 is 0 Å². The Balaban J connectivity index is 2.01. The number of aryl methyl sites for hydroxylation is 1. The Hall–Kier alpha value is -3.94. The summed E-state index contributed by atoms with van der Waals surface area (Å²) in [4.78, 5) is 15.3. The molecule has 8 heteroatoms. The van der Waals surface area contributed by atoms with E-state index in [1.165, 1.54) is 27.4 Å². The van der Waals surface area contributed by atoms with Gasteiger partial charge in [0.1, 0.15) is 5.82 Å².